The van der Waals surface area contributed by atoms with Gasteiger partial charge in [-0.15, -0.1) is 0 Å². The number of rotatable bonds is 4. The first-order chi connectivity index (χ1) is 9.19. The van der Waals surface area contributed by atoms with Gasteiger partial charge in [0.25, 0.3) is 0 Å². The minimum absolute atomic E-state index is 0.0868. The predicted molar refractivity (Wildman–Crippen MR) is 75.8 cm³/mol. The van der Waals surface area contributed by atoms with E-state index in [1.54, 1.807) is 6.20 Å². The summed E-state index contributed by atoms with van der Waals surface area (Å²) in [5.74, 6) is 0.820. The zero-order chi connectivity index (χ0) is 13.7. The summed E-state index contributed by atoms with van der Waals surface area (Å²) >= 11 is 0. The van der Waals surface area contributed by atoms with Crippen molar-refractivity contribution < 1.29 is 4.79 Å². The van der Waals surface area contributed by atoms with Crippen LogP contribution in [0.2, 0.25) is 0 Å². The molecule has 19 heavy (non-hydrogen) atoms. The number of amides is 1. The maximum Gasteiger partial charge on any atom is 0.228 e. The second-order valence-corrected chi connectivity index (χ2v) is 5.11. The SMILES string of the molecule is Cc1ccc(NC(=O)C2CCN(CCN)CC2)nc1. The number of anilines is 1. The maximum atomic E-state index is 12.1. The number of carbonyl (C=O) groups is 1. The Morgan fingerprint density at radius 3 is 2.79 bits per heavy atom. The number of aryl methyl sites for hydroxylation is 1. The van der Waals surface area contributed by atoms with Crippen molar-refractivity contribution in [1.82, 2.24) is 9.88 Å². The Balaban J connectivity index is 1.83. The van der Waals surface area contributed by atoms with Crippen LogP contribution in [0.1, 0.15) is 18.4 Å². The molecule has 1 aromatic heterocycles. The lowest BCUT2D eigenvalue weighted by molar-refractivity contribution is -0.121. The largest absolute Gasteiger partial charge is 0.329 e. The Kier molecular flexibility index (Phi) is 4.87. The van der Waals surface area contributed by atoms with Crippen molar-refractivity contribution >= 4 is 11.7 Å². The molecule has 1 aliphatic rings. The summed E-state index contributed by atoms with van der Waals surface area (Å²) in [5, 5.41) is 2.89. The first-order valence-corrected chi connectivity index (χ1v) is 6.85. The van der Waals surface area contributed by atoms with Crippen LogP contribution in [-0.2, 0) is 4.79 Å². The number of nitrogens with two attached hydrogens (primary N) is 1. The average Bonchev–Trinajstić information content (AvgIpc) is 2.42. The van der Waals surface area contributed by atoms with E-state index in [2.05, 4.69) is 15.2 Å². The molecule has 1 amide bonds. The van der Waals surface area contributed by atoms with Crippen LogP contribution in [0.3, 0.4) is 0 Å². The molecule has 0 aliphatic carbocycles. The molecule has 1 fully saturated rings. The van der Waals surface area contributed by atoms with Crippen molar-refractivity contribution in [3.05, 3.63) is 23.9 Å². The van der Waals surface area contributed by atoms with Crippen molar-refractivity contribution in [1.29, 1.82) is 0 Å². The zero-order valence-electron chi connectivity index (χ0n) is 11.4. The summed E-state index contributed by atoms with van der Waals surface area (Å²) < 4.78 is 0. The summed E-state index contributed by atoms with van der Waals surface area (Å²) in [4.78, 5) is 18.6. The van der Waals surface area contributed by atoms with Gasteiger partial charge >= 0.3 is 0 Å². The number of likely N-dealkylation sites (tertiary alicyclic amines) is 1. The number of nitrogens with one attached hydrogen (secondary N) is 1. The number of aromatic nitrogens is 1. The van der Waals surface area contributed by atoms with Gasteiger partial charge in [0, 0.05) is 25.2 Å². The normalized spacial score (nSPS) is 17.4. The summed E-state index contributed by atoms with van der Waals surface area (Å²) in [6.45, 7) is 5.50. The molecule has 0 spiro atoms. The molecule has 0 unspecified atom stereocenters. The molecule has 0 radical (unpaired) electrons. The van der Waals surface area contributed by atoms with Gasteiger partial charge in [-0.1, -0.05) is 6.07 Å². The molecule has 2 heterocycles. The van der Waals surface area contributed by atoms with Crippen LogP contribution in [0.5, 0.6) is 0 Å². The molecule has 0 saturated carbocycles. The monoisotopic (exact) mass is 262 g/mol. The number of pyridine rings is 1. The molecule has 0 aromatic carbocycles. The third-order valence-electron chi connectivity index (χ3n) is 3.57. The molecule has 3 N–H and O–H groups in total. The van der Waals surface area contributed by atoms with Gasteiger partial charge < -0.3 is 16.0 Å². The van der Waals surface area contributed by atoms with E-state index >= 15 is 0 Å². The topological polar surface area (TPSA) is 71.2 Å². The van der Waals surface area contributed by atoms with Crippen molar-refractivity contribution in [2.75, 3.05) is 31.5 Å². The van der Waals surface area contributed by atoms with Crippen LogP contribution in [-0.4, -0.2) is 42.0 Å². The van der Waals surface area contributed by atoms with Crippen LogP contribution < -0.4 is 11.1 Å². The first kappa shape index (κ1) is 14.0. The highest BCUT2D eigenvalue weighted by Gasteiger charge is 2.24. The Morgan fingerprint density at radius 2 is 2.21 bits per heavy atom. The van der Waals surface area contributed by atoms with E-state index in [-0.39, 0.29) is 11.8 Å². The van der Waals surface area contributed by atoms with Gasteiger partial charge in [-0.05, 0) is 44.5 Å². The number of piperidine rings is 1. The van der Waals surface area contributed by atoms with Gasteiger partial charge in [0.05, 0.1) is 0 Å². The smallest absolute Gasteiger partial charge is 0.228 e. The molecule has 1 saturated heterocycles. The van der Waals surface area contributed by atoms with Crippen molar-refractivity contribution in [2.24, 2.45) is 11.7 Å². The van der Waals surface area contributed by atoms with Crippen LogP contribution in [0.15, 0.2) is 18.3 Å². The molecule has 0 bridgehead atoms. The van der Waals surface area contributed by atoms with Gasteiger partial charge in [0.2, 0.25) is 5.91 Å². The zero-order valence-corrected chi connectivity index (χ0v) is 11.4. The van der Waals surface area contributed by atoms with E-state index in [1.165, 1.54) is 0 Å². The van der Waals surface area contributed by atoms with Crippen LogP contribution in [0.25, 0.3) is 0 Å². The molecule has 1 aromatic rings. The Bertz CT molecular complexity index is 410. The van der Waals surface area contributed by atoms with Crippen LogP contribution in [0.4, 0.5) is 5.82 Å². The fourth-order valence-corrected chi connectivity index (χ4v) is 2.37. The van der Waals surface area contributed by atoms with E-state index in [9.17, 15) is 4.79 Å². The molecular formula is C14H22N4O. The van der Waals surface area contributed by atoms with Gasteiger partial charge in [-0.25, -0.2) is 4.98 Å². The number of hydrogen-bond donors (Lipinski definition) is 2. The molecule has 5 nitrogen and oxygen atoms in total. The van der Waals surface area contributed by atoms with Crippen molar-refractivity contribution in [2.45, 2.75) is 19.8 Å². The highest BCUT2D eigenvalue weighted by molar-refractivity contribution is 5.91. The van der Waals surface area contributed by atoms with E-state index < -0.39 is 0 Å². The number of hydrogen-bond acceptors (Lipinski definition) is 4. The molecule has 0 atom stereocenters. The third-order valence-corrected chi connectivity index (χ3v) is 3.57. The van der Waals surface area contributed by atoms with Gasteiger partial charge in [-0.2, -0.15) is 0 Å². The fraction of sp³-hybridized carbons (Fsp3) is 0.571. The molecule has 104 valence electrons. The predicted octanol–water partition coefficient (Wildman–Crippen LogP) is 0.999. The maximum absolute atomic E-state index is 12.1. The molecule has 5 heteroatoms. The van der Waals surface area contributed by atoms with E-state index in [0.717, 1.165) is 38.0 Å². The average molecular weight is 262 g/mol. The lowest BCUT2D eigenvalue weighted by Crippen LogP contribution is -2.40. The van der Waals surface area contributed by atoms with Crippen molar-refractivity contribution in [3.8, 4) is 0 Å². The number of nitrogens with zero attached hydrogens (tertiary/aromatic N) is 2. The van der Waals surface area contributed by atoms with E-state index in [4.69, 9.17) is 5.73 Å². The quantitative estimate of drug-likeness (QED) is 0.849. The second-order valence-electron chi connectivity index (χ2n) is 5.11. The summed E-state index contributed by atoms with van der Waals surface area (Å²) in [6.07, 6.45) is 3.56. The minimum Gasteiger partial charge on any atom is -0.329 e. The number of carbonyl (C=O) groups excluding carboxylic acids is 1. The van der Waals surface area contributed by atoms with Crippen LogP contribution >= 0.6 is 0 Å². The summed E-state index contributed by atoms with van der Waals surface area (Å²) in [6, 6.07) is 3.79. The Morgan fingerprint density at radius 1 is 1.47 bits per heavy atom. The van der Waals surface area contributed by atoms with Gasteiger partial charge in [0.1, 0.15) is 5.82 Å². The fourth-order valence-electron chi connectivity index (χ4n) is 2.37. The molecule has 1 aliphatic heterocycles. The molecule has 2 rings (SSSR count). The summed E-state index contributed by atoms with van der Waals surface area (Å²) in [5.41, 5.74) is 6.63. The highest BCUT2D eigenvalue weighted by Crippen LogP contribution is 2.18. The minimum atomic E-state index is 0.0868. The summed E-state index contributed by atoms with van der Waals surface area (Å²) in [7, 11) is 0. The van der Waals surface area contributed by atoms with E-state index in [0.29, 0.717) is 12.4 Å². The van der Waals surface area contributed by atoms with Crippen molar-refractivity contribution in [3.63, 3.8) is 0 Å². The third kappa shape index (κ3) is 4.01. The standard InChI is InChI=1S/C14H22N4O/c1-11-2-3-13(16-10-11)17-14(19)12-4-7-18(8-5-12)9-6-15/h2-3,10,12H,4-9,15H2,1H3,(H,16,17,19). The van der Waals surface area contributed by atoms with Gasteiger partial charge in [-0.3, -0.25) is 4.79 Å². The Labute approximate surface area is 114 Å². The first-order valence-electron chi connectivity index (χ1n) is 6.85. The van der Waals surface area contributed by atoms with Gasteiger partial charge in [0.15, 0.2) is 0 Å². The van der Waals surface area contributed by atoms with E-state index in [1.807, 2.05) is 19.1 Å². The lowest BCUT2D eigenvalue weighted by atomic mass is 9.96. The Hall–Kier alpha value is -1.46. The second kappa shape index (κ2) is 6.63. The molecular weight excluding hydrogens is 240 g/mol. The highest BCUT2D eigenvalue weighted by atomic mass is 16.1. The lowest BCUT2D eigenvalue weighted by Gasteiger charge is -2.30. The van der Waals surface area contributed by atoms with Crippen LogP contribution in [0, 0.1) is 12.8 Å².